The number of allylic oxidation sites excluding steroid dienone is 1. The molecule has 0 radical (unpaired) electrons. The molecule has 0 aliphatic carbocycles. The van der Waals surface area contributed by atoms with Crippen molar-refractivity contribution >= 4 is 5.91 Å². The summed E-state index contributed by atoms with van der Waals surface area (Å²) < 4.78 is 0. The molecule has 0 aromatic carbocycles. The molecule has 2 unspecified atom stereocenters. The lowest BCUT2D eigenvalue weighted by molar-refractivity contribution is -0.123. The number of aliphatic hydroxyl groups excluding tert-OH is 2. The Morgan fingerprint density at radius 3 is 0.881 bits per heavy atom. The number of carbonyl (C=O) groups is 1. The van der Waals surface area contributed by atoms with E-state index in [0.29, 0.717) is 6.42 Å². The SMILES string of the molecule is CCCCCCCCCCCCCCCCCCCCCCCC/C=C/C(O)C(CO)NC(=O)CCCCCCCCCCCCCCCCCCCCCCCCC. The maximum Gasteiger partial charge on any atom is 0.220 e. The van der Waals surface area contributed by atoms with Crippen molar-refractivity contribution in [3.63, 3.8) is 0 Å². The number of amides is 1. The molecule has 0 aliphatic rings. The second-order valence-electron chi connectivity index (χ2n) is 19.0. The number of aliphatic hydroxyl groups is 2. The number of rotatable bonds is 51. The van der Waals surface area contributed by atoms with Gasteiger partial charge in [0, 0.05) is 6.42 Å². The van der Waals surface area contributed by atoms with Gasteiger partial charge in [0.1, 0.15) is 0 Å². The van der Waals surface area contributed by atoms with Crippen LogP contribution in [0.2, 0.25) is 0 Å². The molecule has 2 atom stereocenters. The van der Waals surface area contributed by atoms with Gasteiger partial charge < -0.3 is 15.5 Å². The lowest BCUT2D eigenvalue weighted by Crippen LogP contribution is -2.45. The first kappa shape index (κ1) is 58.1. The van der Waals surface area contributed by atoms with Gasteiger partial charge in [-0.15, -0.1) is 0 Å². The van der Waals surface area contributed by atoms with E-state index in [-0.39, 0.29) is 12.5 Å². The summed E-state index contributed by atoms with van der Waals surface area (Å²) in [5, 5.41) is 23.2. The Morgan fingerprint density at radius 2 is 0.627 bits per heavy atom. The van der Waals surface area contributed by atoms with Crippen LogP contribution in [0.1, 0.15) is 316 Å². The van der Waals surface area contributed by atoms with Gasteiger partial charge in [-0.2, -0.15) is 0 Å². The smallest absolute Gasteiger partial charge is 0.220 e. The summed E-state index contributed by atoms with van der Waals surface area (Å²) in [6.07, 6.45) is 66.5. The van der Waals surface area contributed by atoms with Crippen LogP contribution in [-0.4, -0.2) is 34.9 Å². The summed E-state index contributed by atoms with van der Waals surface area (Å²) in [6, 6.07) is -0.618. The monoisotopic (exact) mass is 832 g/mol. The molecule has 0 aromatic heterocycles. The molecule has 0 heterocycles. The van der Waals surface area contributed by atoms with E-state index < -0.39 is 12.1 Å². The van der Waals surface area contributed by atoms with E-state index in [1.807, 2.05) is 6.08 Å². The first-order chi connectivity index (χ1) is 29.2. The van der Waals surface area contributed by atoms with Crippen LogP contribution in [0.4, 0.5) is 0 Å². The summed E-state index contributed by atoms with van der Waals surface area (Å²) in [5.74, 6) is -0.0559. The summed E-state index contributed by atoms with van der Waals surface area (Å²) in [6.45, 7) is 4.35. The Hall–Kier alpha value is -0.870. The Kier molecular flexibility index (Phi) is 50.7. The average molecular weight is 832 g/mol. The molecule has 0 bridgehead atoms. The maximum atomic E-state index is 12.5. The number of hydrogen-bond acceptors (Lipinski definition) is 3. The summed E-state index contributed by atoms with van der Waals surface area (Å²) >= 11 is 0. The van der Waals surface area contributed by atoms with E-state index in [4.69, 9.17) is 0 Å². The van der Waals surface area contributed by atoms with Crippen molar-refractivity contribution in [2.24, 2.45) is 0 Å². The largest absolute Gasteiger partial charge is 0.394 e. The third-order valence-electron chi connectivity index (χ3n) is 13.0. The minimum Gasteiger partial charge on any atom is -0.394 e. The van der Waals surface area contributed by atoms with Gasteiger partial charge in [-0.1, -0.05) is 302 Å². The second-order valence-corrected chi connectivity index (χ2v) is 19.0. The van der Waals surface area contributed by atoms with Crippen molar-refractivity contribution < 1.29 is 15.0 Å². The summed E-state index contributed by atoms with van der Waals surface area (Å²) in [4.78, 5) is 12.5. The zero-order valence-corrected chi connectivity index (χ0v) is 40.6. The maximum absolute atomic E-state index is 12.5. The zero-order valence-electron chi connectivity index (χ0n) is 40.6. The first-order valence-electron chi connectivity index (χ1n) is 27.4. The predicted molar refractivity (Wildman–Crippen MR) is 263 cm³/mol. The molecule has 0 spiro atoms. The number of hydrogen-bond donors (Lipinski definition) is 3. The molecule has 59 heavy (non-hydrogen) atoms. The van der Waals surface area contributed by atoms with Crippen LogP contribution in [-0.2, 0) is 4.79 Å². The van der Waals surface area contributed by atoms with Gasteiger partial charge in [0.25, 0.3) is 0 Å². The number of carbonyl (C=O) groups excluding carboxylic acids is 1. The van der Waals surface area contributed by atoms with Crippen LogP contribution in [0, 0.1) is 0 Å². The fraction of sp³-hybridized carbons (Fsp3) is 0.945. The fourth-order valence-corrected chi connectivity index (χ4v) is 8.83. The highest BCUT2D eigenvalue weighted by molar-refractivity contribution is 5.76. The van der Waals surface area contributed by atoms with Crippen molar-refractivity contribution in [3.8, 4) is 0 Å². The molecule has 4 heteroatoms. The van der Waals surface area contributed by atoms with Crippen molar-refractivity contribution in [2.45, 2.75) is 328 Å². The summed E-state index contributed by atoms with van der Waals surface area (Å²) in [5.41, 5.74) is 0. The Bertz CT molecular complexity index is 814. The highest BCUT2D eigenvalue weighted by Gasteiger charge is 2.18. The fourth-order valence-electron chi connectivity index (χ4n) is 8.83. The van der Waals surface area contributed by atoms with E-state index in [1.54, 1.807) is 6.08 Å². The molecule has 3 N–H and O–H groups in total. The van der Waals surface area contributed by atoms with Gasteiger partial charge in [0.15, 0.2) is 0 Å². The standard InChI is InChI=1S/C55H109NO3/c1-3-5-7-9-11-13-15-17-19-21-23-25-27-29-30-32-34-36-38-40-42-44-46-48-50-54(58)53(52-57)56-55(59)51-49-47-45-43-41-39-37-35-33-31-28-26-24-22-20-18-16-14-12-10-8-6-4-2/h48,50,53-54,57-58H,3-47,49,51-52H2,1-2H3,(H,56,59)/b50-48+. The molecule has 0 rings (SSSR count). The zero-order chi connectivity index (χ0) is 42.8. The second kappa shape index (κ2) is 51.5. The Labute approximate surface area is 371 Å². The number of nitrogens with one attached hydrogen (secondary N) is 1. The van der Waals surface area contributed by atoms with Crippen molar-refractivity contribution in [3.05, 3.63) is 12.2 Å². The molecule has 0 fully saturated rings. The van der Waals surface area contributed by atoms with Gasteiger partial charge in [0.05, 0.1) is 18.8 Å². The van der Waals surface area contributed by atoms with E-state index in [9.17, 15) is 15.0 Å². The van der Waals surface area contributed by atoms with Gasteiger partial charge >= 0.3 is 0 Å². The molecule has 0 saturated carbocycles. The molecular weight excluding hydrogens is 723 g/mol. The lowest BCUT2D eigenvalue weighted by Gasteiger charge is -2.20. The van der Waals surface area contributed by atoms with Crippen molar-refractivity contribution in [1.29, 1.82) is 0 Å². The highest BCUT2D eigenvalue weighted by atomic mass is 16.3. The molecule has 0 saturated heterocycles. The molecule has 352 valence electrons. The van der Waals surface area contributed by atoms with Crippen LogP contribution in [0.5, 0.6) is 0 Å². The molecule has 0 aliphatic heterocycles. The average Bonchev–Trinajstić information content (AvgIpc) is 3.24. The Balaban J connectivity index is 3.46. The molecule has 1 amide bonds. The number of unbranched alkanes of at least 4 members (excludes halogenated alkanes) is 44. The third-order valence-corrected chi connectivity index (χ3v) is 13.0. The van der Waals surface area contributed by atoms with Gasteiger partial charge in [-0.05, 0) is 19.3 Å². The van der Waals surface area contributed by atoms with Crippen LogP contribution in [0.3, 0.4) is 0 Å². The molecule has 0 aromatic rings. The summed E-state index contributed by atoms with van der Waals surface area (Å²) in [7, 11) is 0. The topological polar surface area (TPSA) is 69.6 Å². The predicted octanol–water partition coefficient (Wildman–Crippen LogP) is 17.8. The van der Waals surface area contributed by atoms with Crippen molar-refractivity contribution in [2.75, 3.05) is 6.61 Å². The van der Waals surface area contributed by atoms with E-state index in [2.05, 4.69) is 19.2 Å². The Morgan fingerprint density at radius 1 is 0.390 bits per heavy atom. The lowest BCUT2D eigenvalue weighted by atomic mass is 10.0. The van der Waals surface area contributed by atoms with Gasteiger partial charge in [0.2, 0.25) is 5.91 Å². The quantitative estimate of drug-likeness (QED) is 0.0422. The van der Waals surface area contributed by atoms with Crippen LogP contribution in [0.25, 0.3) is 0 Å². The normalized spacial score (nSPS) is 12.8. The van der Waals surface area contributed by atoms with E-state index in [1.165, 1.54) is 270 Å². The van der Waals surface area contributed by atoms with Crippen molar-refractivity contribution in [1.82, 2.24) is 5.32 Å². The van der Waals surface area contributed by atoms with E-state index in [0.717, 1.165) is 25.7 Å². The van der Waals surface area contributed by atoms with Gasteiger partial charge in [-0.3, -0.25) is 4.79 Å². The molecular formula is C55H109NO3. The first-order valence-corrected chi connectivity index (χ1v) is 27.4. The van der Waals surface area contributed by atoms with Crippen LogP contribution in [0.15, 0.2) is 12.2 Å². The van der Waals surface area contributed by atoms with E-state index >= 15 is 0 Å². The third kappa shape index (κ3) is 48.0. The highest BCUT2D eigenvalue weighted by Crippen LogP contribution is 2.18. The van der Waals surface area contributed by atoms with Crippen LogP contribution < -0.4 is 5.32 Å². The minimum atomic E-state index is -0.835. The minimum absolute atomic E-state index is 0.0559. The van der Waals surface area contributed by atoms with Crippen LogP contribution >= 0.6 is 0 Å². The molecule has 4 nitrogen and oxygen atoms in total. The van der Waals surface area contributed by atoms with Gasteiger partial charge in [-0.25, -0.2) is 0 Å².